The lowest BCUT2D eigenvalue weighted by atomic mass is 9.99. The van der Waals surface area contributed by atoms with Crippen molar-refractivity contribution in [1.29, 1.82) is 5.26 Å². The minimum atomic E-state index is 0.536. The lowest BCUT2D eigenvalue weighted by molar-refractivity contribution is 0.0285. The molecule has 5 rings (SSSR count). The van der Waals surface area contributed by atoms with Crippen molar-refractivity contribution in [3.8, 4) is 6.07 Å². The van der Waals surface area contributed by atoms with Gasteiger partial charge in [-0.25, -0.2) is 4.98 Å². The molecule has 0 radical (unpaired) electrons. The minimum Gasteiger partial charge on any atom is -0.379 e. The summed E-state index contributed by atoms with van der Waals surface area (Å²) in [6.45, 7) is 5.25. The van der Waals surface area contributed by atoms with Gasteiger partial charge in [0.05, 0.1) is 40.5 Å². The topological polar surface area (TPSA) is 86.6 Å². The maximum atomic E-state index is 9.03. The Morgan fingerprint density at radius 1 is 1.30 bits per heavy atom. The molecule has 4 heterocycles. The van der Waals surface area contributed by atoms with Gasteiger partial charge in [-0.2, -0.15) is 5.26 Å². The van der Waals surface area contributed by atoms with E-state index in [9.17, 15) is 0 Å². The standard InChI is InChI=1S/C15H13N5.C6H12O/c16-5-9-1-2-12-11(3-9)15-13(8-18-12)19-14(20-15)4-10-6-17-7-10;1-6-4-2-3-5-7-6/h1-3,8,10,17H,4,6-7H2,(H,19,20);6H,2-5H2,1H3/t;6-/m.1/s1. The maximum Gasteiger partial charge on any atom is 0.107 e. The number of hydrogen-bond donors (Lipinski definition) is 2. The molecule has 0 bridgehead atoms. The average molecular weight is 363 g/mol. The zero-order valence-electron chi connectivity index (χ0n) is 15.7. The molecule has 2 saturated heterocycles. The number of nitrogens with one attached hydrogen (secondary N) is 2. The highest BCUT2D eigenvalue weighted by Crippen LogP contribution is 2.23. The van der Waals surface area contributed by atoms with E-state index in [0.717, 1.165) is 53.9 Å². The third-order valence-corrected chi connectivity index (χ3v) is 5.25. The summed E-state index contributed by atoms with van der Waals surface area (Å²) in [6.07, 6.45) is 7.21. The molecule has 2 fully saturated rings. The maximum absolute atomic E-state index is 9.03. The average Bonchev–Trinajstić information content (AvgIpc) is 3.09. The number of ether oxygens (including phenoxy) is 1. The Bertz CT molecular complexity index is 964. The predicted octanol–water partition coefficient (Wildman–Crippen LogP) is 3.32. The molecular formula is C21H25N5O. The van der Waals surface area contributed by atoms with Crippen LogP contribution in [0.3, 0.4) is 0 Å². The van der Waals surface area contributed by atoms with Crippen LogP contribution in [0.4, 0.5) is 0 Å². The van der Waals surface area contributed by atoms with Crippen LogP contribution >= 0.6 is 0 Å². The van der Waals surface area contributed by atoms with Crippen LogP contribution in [0.25, 0.3) is 21.9 Å². The van der Waals surface area contributed by atoms with E-state index >= 15 is 0 Å². The van der Waals surface area contributed by atoms with Crippen LogP contribution in [0.2, 0.25) is 0 Å². The summed E-state index contributed by atoms with van der Waals surface area (Å²) in [4.78, 5) is 12.5. The molecule has 0 saturated carbocycles. The molecule has 2 N–H and O–H groups in total. The summed E-state index contributed by atoms with van der Waals surface area (Å²) in [5.74, 6) is 1.67. The number of pyridine rings is 1. The molecular weight excluding hydrogens is 338 g/mol. The van der Waals surface area contributed by atoms with Crippen LogP contribution in [0.5, 0.6) is 0 Å². The van der Waals surface area contributed by atoms with Crippen molar-refractivity contribution in [3.05, 3.63) is 35.8 Å². The van der Waals surface area contributed by atoms with Gasteiger partial charge < -0.3 is 15.0 Å². The Kier molecular flexibility index (Phi) is 5.33. The van der Waals surface area contributed by atoms with E-state index in [-0.39, 0.29) is 0 Å². The van der Waals surface area contributed by atoms with Crippen LogP contribution in [-0.4, -0.2) is 40.8 Å². The van der Waals surface area contributed by atoms with Gasteiger partial charge in [0.1, 0.15) is 5.82 Å². The molecule has 3 aromatic rings. The monoisotopic (exact) mass is 363 g/mol. The SMILES string of the molecule is C[C@@H]1CCCCO1.N#Cc1ccc2ncc3[nH]c(CC4CNC4)nc3c2c1. The van der Waals surface area contributed by atoms with Crippen molar-refractivity contribution in [2.75, 3.05) is 19.7 Å². The molecule has 6 heteroatoms. The highest BCUT2D eigenvalue weighted by atomic mass is 16.5. The molecule has 1 atom stereocenters. The number of aromatic amines is 1. The summed E-state index contributed by atoms with van der Waals surface area (Å²) >= 11 is 0. The molecule has 0 spiro atoms. The first-order valence-electron chi connectivity index (χ1n) is 9.72. The van der Waals surface area contributed by atoms with Crippen molar-refractivity contribution in [2.45, 2.75) is 38.7 Å². The quantitative estimate of drug-likeness (QED) is 0.729. The van der Waals surface area contributed by atoms with E-state index in [2.05, 4.69) is 28.3 Å². The molecule has 140 valence electrons. The Balaban J connectivity index is 0.000000218. The summed E-state index contributed by atoms with van der Waals surface area (Å²) in [5.41, 5.74) is 3.36. The van der Waals surface area contributed by atoms with Gasteiger partial charge in [0.2, 0.25) is 0 Å². The van der Waals surface area contributed by atoms with Gasteiger partial charge >= 0.3 is 0 Å². The first-order chi connectivity index (χ1) is 13.2. The smallest absolute Gasteiger partial charge is 0.107 e. The van der Waals surface area contributed by atoms with E-state index in [1.165, 1.54) is 19.3 Å². The van der Waals surface area contributed by atoms with E-state index in [1.807, 2.05) is 18.3 Å². The Morgan fingerprint density at radius 3 is 2.81 bits per heavy atom. The molecule has 1 aromatic carbocycles. The Hall–Kier alpha value is -2.49. The van der Waals surface area contributed by atoms with Crippen molar-refractivity contribution < 1.29 is 4.74 Å². The third kappa shape index (κ3) is 4.10. The highest BCUT2D eigenvalue weighted by molar-refractivity contribution is 6.02. The Labute approximate surface area is 159 Å². The molecule has 0 amide bonds. The normalized spacial score (nSPS) is 19.9. The van der Waals surface area contributed by atoms with Crippen molar-refractivity contribution in [2.24, 2.45) is 5.92 Å². The summed E-state index contributed by atoms with van der Waals surface area (Å²) in [6, 6.07) is 7.69. The van der Waals surface area contributed by atoms with E-state index < -0.39 is 0 Å². The van der Waals surface area contributed by atoms with Gasteiger partial charge in [-0.3, -0.25) is 4.98 Å². The van der Waals surface area contributed by atoms with Crippen molar-refractivity contribution in [3.63, 3.8) is 0 Å². The number of nitriles is 1. The number of H-pyrrole nitrogens is 1. The summed E-state index contributed by atoms with van der Waals surface area (Å²) in [7, 11) is 0. The van der Waals surface area contributed by atoms with Gasteiger partial charge in [0.25, 0.3) is 0 Å². The van der Waals surface area contributed by atoms with Gasteiger partial charge in [-0.1, -0.05) is 0 Å². The number of fused-ring (bicyclic) bond motifs is 3. The van der Waals surface area contributed by atoms with Crippen LogP contribution in [0, 0.1) is 17.2 Å². The molecule has 27 heavy (non-hydrogen) atoms. The predicted molar refractivity (Wildman–Crippen MR) is 105 cm³/mol. The Morgan fingerprint density at radius 2 is 2.19 bits per heavy atom. The van der Waals surface area contributed by atoms with Gasteiger partial charge in [0.15, 0.2) is 0 Å². The summed E-state index contributed by atoms with van der Waals surface area (Å²) in [5, 5.41) is 13.2. The van der Waals surface area contributed by atoms with E-state index in [0.29, 0.717) is 17.6 Å². The number of imidazole rings is 1. The van der Waals surface area contributed by atoms with Crippen LogP contribution in [0.15, 0.2) is 24.4 Å². The van der Waals surface area contributed by atoms with Gasteiger partial charge in [-0.05, 0) is 63.4 Å². The fourth-order valence-corrected chi connectivity index (χ4v) is 3.54. The molecule has 2 aliphatic heterocycles. The lowest BCUT2D eigenvalue weighted by Gasteiger charge is -2.25. The largest absolute Gasteiger partial charge is 0.379 e. The van der Waals surface area contributed by atoms with Crippen molar-refractivity contribution >= 4 is 21.9 Å². The van der Waals surface area contributed by atoms with Gasteiger partial charge in [-0.15, -0.1) is 0 Å². The van der Waals surface area contributed by atoms with E-state index in [1.54, 1.807) is 6.07 Å². The number of hydrogen-bond acceptors (Lipinski definition) is 5. The second-order valence-corrected chi connectivity index (χ2v) is 7.45. The molecule has 0 unspecified atom stereocenters. The minimum absolute atomic E-state index is 0.536. The number of rotatable bonds is 2. The summed E-state index contributed by atoms with van der Waals surface area (Å²) < 4.78 is 5.28. The molecule has 6 nitrogen and oxygen atoms in total. The van der Waals surface area contributed by atoms with Crippen LogP contribution < -0.4 is 5.32 Å². The molecule has 0 aliphatic carbocycles. The van der Waals surface area contributed by atoms with Crippen LogP contribution in [-0.2, 0) is 11.2 Å². The lowest BCUT2D eigenvalue weighted by Crippen LogP contribution is -2.43. The van der Waals surface area contributed by atoms with E-state index in [4.69, 9.17) is 15.0 Å². The highest BCUT2D eigenvalue weighted by Gasteiger charge is 2.19. The molecule has 2 aliphatic rings. The zero-order valence-corrected chi connectivity index (χ0v) is 15.7. The number of aromatic nitrogens is 3. The zero-order chi connectivity index (χ0) is 18.6. The second-order valence-electron chi connectivity index (χ2n) is 7.45. The fraction of sp³-hybridized carbons (Fsp3) is 0.476. The molecule has 2 aromatic heterocycles. The number of benzene rings is 1. The van der Waals surface area contributed by atoms with Crippen molar-refractivity contribution in [1.82, 2.24) is 20.3 Å². The van der Waals surface area contributed by atoms with Gasteiger partial charge in [0, 0.05) is 18.4 Å². The van der Waals surface area contributed by atoms with Crippen LogP contribution in [0.1, 0.15) is 37.6 Å². The first-order valence-corrected chi connectivity index (χ1v) is 9.72. The third-order valence-electron chi connectivity index (χ3n) is 5.25. The first kappa shape index (κ1) is 17.9. The fourth-order valence-electron chi connectivity index (χ4n) is 3.54. The second kappa shape index (κ2) is 8.03. The number of nitrogens with zero attached hydrogens (tertiary/aromatic N) is 3.